The first kappa shape index (κ1) is 12.0. The molecule has 0 aromatic carbocycles. The van der Waals surface area contributed by atoms with Crippen LogP contribution in [0.3, 0.4) is 0 Å². The first-order chi connectivity index (χ1) is 5.02. The van der Waals surface area contributed by atoms with E-state index in [1.807, 2.05) is 0 Å². The van der Waals surface area contributed by atoms with E-state index in [0.29, 0.717) is 19.4 Å². The minimum Gasteiger partial charge on any atom is -0.320 e. The van der Waals surface area contributed by atoms with Gasteiger partial charge in [-0.15, -0.1) is 12.4 Å². The molecule has 0 radical (unpaired) electrons. The molecule has 1 aliphatic rings. The van der Waals surface area contributed by atoms with Crippen LogP contribution in [0.2, 0.25) is 0 Å². The lowest BCUT2D eigenvalue weighted by Gasteiger charge is -2.18. The monoisotopic (exact) mass is 203 g/mol. The van der Waals surface area contributed by atoms with Crippen LogP contribution in [0, 0.1) is 5.41 Å². The van der Waals surface area contributed by atoms with E-state index in [4.69, 9.17) is 0 Å². The Kier molecular flexibility index (Phi) is 3.85. The standard InChI is InChI=1S/C7H12F3N.ClH/c1-11-5-4-6(2-3-6)7(8,9)10;/h11H,2-5H2,1H3;1H. The summed E-state index contributed by atoms with van der Waals surface area (Å²) < 4.78 is 36.6. The third kappa shape index (κ3) is 2.26. The second-order valence-corrected chi connectivity index (χ2v) is 3.13. The second kappa shape index (κ2) is 3.83. The van der Waals surface area contributed by atoms with E-state index in [0.717, 1.165) is 0 Å². The van der Waals surface area contributed by atoms with Crippen LogP contribution >= 0.6 is 12.4 Å². The highest BCUT2D eigenvalue weighted by Gasteiger charge is 2.62. The Morgan fingerprint density at radius 3 is 2.08 bits per heavy atom. The lowest BCUT2D eigenvalue weighted by atomic mass is 10.0. The van der Waals surface area contributed by atoms with Crippen molar-refractivity contribution in [1.82, 2.24) is 5.32 Å². The fourth-order valence-corrected chi connectivity index (χ4v) is 1.19. The van der Waals surface area contributed by atoms with Crippen molar-refractivity contribution in [3.05, 3.63) is 0 Å². The fraction of sp³-hybridized carbons (Fsp3) is 1.00. The molecule has 5 heteroatoms. The average Bonchev–Trinajstić information content (AvgIpc) is 2.61. The third-order valence-electron chi connectivity index (χ3n) is 2.31. The van der Waals surface area contributed by atoms with Gasteiger partial charge in [-0.2, -0.15) is 13.2 Å². The van der Waals surface area contributed by atoms with Crippen LogP contribution in [-0.2, 0) is 0 Å². The van der Waals surface area contributed by atoms with Gasteiger partial charge in [0.25, 0.3) is 0 Å². The minimum atomic E-state index is -3.98. The predicted molar refractivity (Wildman–Crippen MR) is 43.5 cm³/mol. The molecule has 0 spiro atoms. The number of hydrogen-bond acceptors (Lipinski definition) is 1. The molecule has 1 aliphatic carbocycles. The highest BCUT2D eigenvalue weighted by molar-refractivity contribution is 5.85. The summed E-state index contributed by atoms with van der Waals surface area (Å²) in [4.78, 5) is 0. The predicted octanol–water partition coefficient (Wildman–Crippen LogP) is 2.36. The minimum absolute atomic E-state index is 0. The molecular weight excluding hydrogens is 191 g/mol. The average molecular weight is 204 g/mol. The summed E-state index contributed by atoms with van der Waals surface area (Å²) in [6.45, 7) is 0.458. The maximum absolute atomic E-state index is 12.2. The number of rotatable bonds is 3. The Bertz CT molecular complexity index is 142. The van der Waals surface area contributed by atoms with Crippen LogP contribution in [0.4, 0.5) is 13.2 Å². The molecule has 1 nitrogen and oxygen atoms in total. The van der Waals surface area contributed by atoms with Gasteiger partial charge < -0.3 is 5.32 Å². The molecule has 1 rings (SSSR count). The molecule has 0 unspecified atom stereocenters. The topological polar surface area (TPSA) is 12.0 Å². The van der Waals surface area contributed by atoms with Crippen LogP contribution in [-0.4, -0.2) is 19.8 Å². The van der Waals surface area contributed by atoms with Crippen LogP contribution in [0.25, 0.3) is 0 Å². The lowest BCUT2D eigenvalue weighted by molar-refractivity contribution is -0.188. The lowest BCUT2D eigenvalue weighted by Crippen LogP contribution is -2.27. The van der Waals surface area contributed by atoms with Crippen LogP contribution < -0.4 is 5.32 Å². The molecule has 1 N–H and O–H groups in total. The molecule has 0 saturated heterocycles. The van der Waals surface area contributed by atoms with E-state index >= 15 is 0 Å². The number of alkyl halides is 3. The smallest absolute Gasteiger partial charge is 0.320 e. The van der Waals surface area contributed by atoms with Gasteiger partial charge >= 0.3 is 6.18 Å². The Morgan fingerprint density at radius 2 is 1.83 bits per heavy atom. The molecule has 0 amide bonds. The zero-order chi connectivity index (χ0) is 8.54. The van der Waals surface area contributed by atoms with Crippen molar-refractivity contribution in [2.45, 2.75) is 25.4 Å². The van der Waals surface area contributed by atoms with Gasteiger partial charge in [0.2, 0.25) is 0 Å². The number of halogens is 4. The van der Waals surface area contributed by atoms with Gasteiger partial charge in [0.1, 0.15) is 0 Å². The van der Waals surface area contributed by atoms with Gasteiger partial charge in [-0.3, -0.25) is 0 Å². The first-order valence-electron chi connectivity index (χ1n) is 3.73. The van der Waals surface area contributed by atoms with Crippen molar-refractivity contribution in [1.29, 1.82) is 0 Å². The van der Waals surface area contributed by atoms with E-state index < -0.39 is 11.6 Å². The van der Waals surface area contributed by atoms with Gasteiger partial charge in [-0.25, -0.2) is 0 Å². The van der Waals surface area contributed by atoms with Gasteiger partial charge in [-0.05, 0) is 32.9 Å². The molecule has 74 valence electrons. The molecule has 0 aromatic rings. The van der Waals surface area contributed by atoms with E-state index in [2.05, 4.69) is 5.32 Å². The summed E-state index contributed by atoms with van der Waals surface area (Å²) in [5.41, 5.74) is -1.32. The number of hydrogen-bond donors (Lipinski definition) is 1. The third-order valence-corrected chi connectivity index (χ3v) is 2.31. The Labute approximate surface area is 76.1 Å². The van der Waals surface area contributed by atoms with Gasteiger partial charge in [0, 0.05) is 0 Å². The highest BCUT2D eigenvalue weighted by atomic mass is 35.5. The summed E-state index contributed by atoms with van der Waals surface area (Å²) in [6, 6.07) is 0. The molecule has 1 saturated carbocycles. The molecule has 12 heavy (non-hydrogen) atoms. The largest absolute Gasteiger partial charge is 0.394 e. The van der Waals surface area contributed by atoms with Crippen molar-refractivity contribution in [2.75, 3.05) is 13.6 Å². The molecule has 0 aromatic heterocycles. The molecule has 0 atom stereocenters. The zero-order valence-electron chi connectivity index (χ0n) is 6.87. The maximum Gasteiger partial charge on any atom is 0.394 e. The van der Waals surface area contributed by atoms with Crippen LogP contribution in [0.15, 0.2) is 0 Å². The quantitative estimate of drug-likeness (QED) is 0.743. The summed E-state index contributed by atoms with van der Waals surface area (Å²) in [6.07, 6.45) is -3.12. The van der Waals surface area contributed by atoms with E-state index in [1.54, 1.807) is 7.05 Å². The van der Waals surface area contributed by atoms with E-state index in [1.165, 1.54) is 0 Å². The summed E-state index contributed by atoms with van der Waals surface area (Å²) >= 11 is 0. The molecule has 1 fully saturated rings. The van der Waals surface area contributed by atoms with Gasteiger partial charge in [0.15, 0.2) is 0 Å². The van der Waals surface area contributed by atoms with Crippen molar-refractivity contribution >= 4 is 12.4 Å². The SMILES string of the molecule is CNCCC1(C(F)(F)F)CC1.Cl. The van der Waals surface area contributed by atoms with Gasteiger partial charge in [-0.1, -0.05) is 0 Å². The summed E-state index contributed by atoms with van der Waals surface area (Å²) in [5, 5.41) is 2.74. The van der Waals surface area contributed by atoms with Crippen LogP contribution in [0.1, 0.15) is 19.3 Å². The second-order valence-electron chi connectivity index (χ2n) is 3.13. The van der Waals surface area contributed by atoms with E-state index in [9.17, 15) is 13.2 Å². The Morgan fingerprint density at radius 1 is 1.33 bits per heavy atom. The first-order valence-corrected chi connectivity index (χ1v) is 3.73. The van der Waals surface area contributed by atoms with Crippen molar-refractivity contribution in [2.24, 2.45) is 5.41 Å². The number of nitrogens with one attached hydrogen (secondary N) is 1. The molecule has 0 heterocycles. The zero-order valence-corrected chi connectivity index (χ0v) is 7.69. The Hall–Kier alpha value is 0.0400. The normalized spacial score (nSPS) is 20.0. The van der Waals surface area contributed by atoms with Crippen molar-refractivity contribution in [3.63, 3.8) is 0 Å². The molecule has 0 aliphatic heterocycles. The van der Waals surface area contributed by atoms with Gasteiger partial charge in [0.05, 0.1) is 5.41 Å². The summed E-state index contributed by atoms with van der Waals surface area (Å²) in [7, 11) is 1.67. The van der Waals surface area contributed by atoms with Crippen molar-refractivity contribution in [3.8, 4) is 0 Å². The Balaban J connectivity index is 0.00000121. The van der Waals surface area contributed by atoms with E-state index in [-0.39, 0.29) is 18.8 Å². The molecular formula is C7H13ClF3N. The maximum atomic E-state index is 12.2. The van der Waals surface area contributed by atoms with Crippen LogP contribution in [0.5, 0.6) is 0 Å². The fourth-order valence-electron chi connectivity index (χ4n) is 1.19. The summed E-state index contributed by atoms with van der Waals surface area (Å²) in [5.74, 6) is 0. The molecule has 0 bridgehead atoms. The highest BCUT2D eigenvalue weighted by Crippen LogP contribution is 2.59. The van der Waals surface area contributed by atoms with Crippen molar-refractivity contribution < 1.29 is 13.2 Å².